The fraction of sp³-hybridized carbons (Fsp3) is 0.765. The highest BCUT2D eigenvalue weighted by Crippen LogP contribution is 2.22. The van der Waals surface area contributed by atoms with E-state index < -0.39 is 0 Å². The van der Waals surface area contributed by atoms with Crippen molar-refractivity contribution in [2.75, 3.05) is 27.2 Å². The lowest BCUT2D eigenvalue weighted by Gasteiger charge is -2.23. The number of halogens is 1. The summed E-state index contributed by atoms with van der Waals surface area (Å²) in [6, 6.07) is 0.593. The quantitative estimate of drug-likeness (QED) is 0.379. The van der Waals surface area contributed by atoms with Gasteiger partial charge in [0.2, 0.25) is 5.89 Å². The van der Waals surface area contributed by atoms with Crippen LogP contribution in [0, 0.1) is 0 Å². The number of oxazole rings is 1. The molecular formula is C17H34IN5O. The summed E-state index contributed by atoms with van der Waals surface area (Å²) in [6.07, 6.45) is 2.96. The van der Waals surface area contributed by atoms with Crippen LogP contribution in [0.3, 0.4) is 0 Å². The second-order valence-corrected chi connectivity index (χ2v) is 6.96. The average molecular weight is 451 g/mol. The van der Waals surface area contributed by atoms with Gasteiger partial charge in [-0.05, 0) is 20.4 Å². The van der Waals surface area contributed by atoms with Crippen LogP contribution >= 0.6 is 24.0 Å². The van der Waals surface area contributed by atoms with E-state index in [1.54, 1.807) is 13.2 Å². The molecule has 0 bridgehead atoms. The summed E-state index contributed by atoms with van der Waals surface area (Å²) in [4.78, 5) is 10.9. The molecule has 24 heavy (non-hydrogen) atoms. The van der Waals surface area contributed by atoms with Gasteiger partial charge in [-0.2, -0.15) is 0 Å². The largest absolute Gasteiger partial charge is 0.443 e. The molecule has 0 aromatic carbocycles. The highest BCUT2D eigenvalue weighted by molar-refractivity contribution is 14.0. The van der Waals surface area contributed by atoms with Gasteiger partial charge in [-0.25, -0.2) is 4.98 Å². The predicted molar refractivity (Wildman–Crippen MR) is 111 cm³/mol. The molecule has 0 aliphatic heterocycles. The van der Waals surface area contributed by atoms with Gasteiger partial charge >= 0.3 is 0 Å². The summed E-state index contributed by atoms with van der Waals surface area (Å²) >= 11 is 0. The van der Waals surface area contributed by atoms with Gasteiger partial charge in [-0.1, -0.05) is 27.7 Å². The summed E-state index contributed by atoms with van der Waals surface area (Å²) in [7, 11) is 3.91. The van der Waals surface area contributed by atoms with E-state index in [1.165, 1.54) is 0 Å². The van der Waals surface area contributed by atoms with Crippen LogP contribution in [0.1, 0.15) is 52.7 Å². The van der Waals surface area contributed by atoms with Crippen molar-refractivity contribution in [1.82, 2.24) is 20.5 Å². The summed E-state index contributed by atoms with van der Waals surface area (Å²) in [6.45, 7) is 13.1. The van der Waals surface area contributed by atoms with Crippen molar-refractivity contribution in [2.24, 2.45) is 4.99 Å². The molecule has 0 radical (unpaired) electrons. The van der Waals surface area contributed by atoms with Crippen molar-refractivity contribution >= 4 is 29.9 Å². The van der Waals surface area contributed by atoms with E-state index >= 15 is 0 Å². The fourth-order valence-corrected chi connectivity index (χ4v) is 2.00. The van der Waals surface area contributed by atoms with Gasteiger partial charge in [0.05, 0.1) is 12.7 Å². The van der Waals surface area contributed by atoms with Gasteiger partial charge in [0.25, 0.3) is 0 Å². The molecule has 7 heteroatoms. The summed E-state index contributed by atoms with van der Waals surface area (Å²) < 4.78 is 5.77. The first kappa shape index (κ1) is 23.2. The Morgan fingerprint density at radius 3 is 2.54 bits per heavy atom. The smallest absolute Gasteiger partial charge is 0.213 e. The molecule has 0 aliphatic rings. The van der Waals surface area contributed by atoms with Crippen molar-refractivity contribution in [2.45, 2.75) is 59.0 Å². The van der Waals surface area contributed by atoms with Crippen molar-refractivity contribution in [3.05, 3.63) is 17.8 Å². The van der Waals surface area contributed by atoms with Gasteiger partial charge in [-0.3, -0.25) is 4.99 Å². The number of nitrogens with zero attached hydrogens (tertiary/aromatic N) is 3. The first-order chi connectivity index (χ1) is 10.8. The van der Waals surface area contributed by atoms with Gasteiger partial charge in [-0.15, -0.1) is 24.0 Å². The molecule has 2 N–H and O–H groups in total. The maximum absolute atomic E-state index is 5.77. The lowest BCUT2D eigenvalue weighted by atomic mass is 9.94. The van der Waals surface area contributed by atoms with Crippen LogP contribution in [0.15, 0.2) is 15.6 Å². The lowest BCUT2D eigenvalue weighted by molar-refractivity contribution is 0.255. The van der Waals surface area contributed by atoms with E-state index in [0.717, 1.165) is 31.2 Å². The molecular weight excluding hydrogens is 417 g/mol. The Balaban J connectivity index is 0.00000529. The number of rotatable bonds is 7. The first-order valence-corrected chi connectivity index (χ1v) is 8.37. The van der Waals surface area contributed by atoms with Crippen LogP contribution in [0.4, 0.5) is 0 Å². The monoisotopic (exact) mass is 451 g/mol. The molecule has 1 aromatic rings. The molecule has 1 heterocycles. The molecule has 140 valence electrons. The van der Waals surface area contributed by atoms with Gasteiger partial charge < -0.3 is 20.0 Å². The molecule has 0 spiro atoms. The number of likely N-dealkylation sites (N-methyl/N-ethyl adjacent to an activating group) is 1. The zero-order chi connectivity index (χ0) is 17.5. The standard InChI is InChI=1S/C17H33N5O.HI/c1-8-13(2)22(7)10-9-19-16(18-6)21-12-15-20-11-14(23-15)17(3,4)5;/h11,13H,8-10,12H2,1-7H3,(H2,18,19,21);1H. The summed E-state index contributed by atoms with van der Waals surface area (Å²) in [5.74, 6) is 2.33. The molecule has 0 saturated heterocycles. The minimum Gasteiger partial charge on any atom is -0.443 e. The van der Waals surface area contributed by atoms with E-state index in [-0.39, 0.29) is 29.4 Å². The van der Waals surface area contributed by atoms with Crippen molar-refractivity contribution in [3.63, 3.8) is 0 Å². The predicted octanol–water partition coefficient (Wildman–Crippen LogP) is 2.99. The fourth-order valence-electron chi connectivity index (χ4n) is 2.00. The van der Waals surface area contributed by atoms with Crippen molar-refractivity contribution < 1.29 is 4.42 Å². The highest BCUT2D eigenvalue weighted by Gasteiger charge is 2.19. The number of hydrogen-bond donors (Lipinski definition) is 2. The summed E-state index contributed by atoms with van der Waals surface area (Å²) in [5.41, 5.74) is -0.0221. The van der Waals surface area contributed by atoms with E-state index in [0.29, 0.717) is 18.5 Å². The molecule has 0 aliphatic carbocycles. The Kier molecular flexibility index (Phi) is 10.5. The van der Waals surface area contributed by atoms with Gasteiger partial charge in [0.1, 0.15) is 5.76 Å². The zero-order valence-corrected chi connectivity index (χ0v) is 18.5. The Morgan fingerprint density at radius 2 is 2.04 bits per heavy atom. The van der Waals surface area contributed by atoms with Crippen LogP contribution in [-0.2, 0) is 12.0 Å². The molecule has 1 atom stereocenters. The maximum atomic E-state index is 5.77. The Labute approximate surface area is 163 Å². The molecule has 1 aromatic heterocycles. The van der Waals surface area contributed by atoms with Gasteiger partial charge in [0.15, 0.2) is 5.96 Å². The first-order valence-electron chi connectivity index (χ1n) is 8.37. The number of aliphatic imine (C=N–C) groups is 1. The SMILES string of the molecule is CCC(C)N(C)CCNC(=NC)NCc1ncc(C(C)(C)C)o1.I. The molecule has 1 unspecified atom stereocenters. The van der Waals surface area contributed by atoms with E-state index in [1.807, 2.05) is 0 Å². The van der Waals surface area contributed by atoms with E-state index in [4.69, 9.17) is 4.42 Å². The average Bonchev–Trinajstić information content (AvgIpc) is 2.98. The topological polar surface area (TPSA) is 65.7 Å². The minimum absolute atomic E-state index is 0. The number of guanidine groups is 1. The van der Waals surface area contributed by atoms with Crippen LogP contribution in [0.5, 0.6) is 0 Å². The molecule has 0 fully saturated rings. The lowest BCUT2D eigenvalue weighted by Crippen LogP contribution is -2.42. The van der Waals surface area contributed by atoms with E-state index in [2.05, 4.69) is 67.2 Å². The number of hydrogen-bond acceptors (Lipinski definition) is 4. The maximum Gasteiger partial charge on any atom is 0.213 e. The van der Waals surface area contributed by atoms with Crippen LogP contribution in [-0.4, -0.2) is 49.1 Å². The Hall–Kier alpha value is -0.830. The zero-order valence-electron chi connectivity index (χ0n) is 16.1. The highest BCUT2D eigenvalue weighted by atomic mass is 127. The van der Waals surface area contributed by atoms with Crippen molar-refractivity contribution in [1.29, 1.82) is 0 Å². The second-order valence-electron chi connectivity index (χ2n) is 6.96. The molecule has 6 nitrogen and oxygen atoms in total. The third-order valence-corrected chi connectivity index (χ3v) is 4.02. The third kappa shape index (κ3) is 7.83. The van der Waals surface area contributed by atoms with Gasteiger partial charge in [0, 0.05) is 31.6 Å². The Morgan fingerprint density at radius 1 is 1.38 bits per heavy atom. The van der Waals surface area contributed by atoms with Crippen molar-refractivity contribution in [3.8, 4) is 0 Å². The van der Waals surface area contributed by atoms with Crippen LogP contribution < -0.4 is 10.6 Å². The molecule has 0 amide bonds. The summed E-state index contributed by atoms with van der Waals surface area (Å²) in [5, 5.41) is 6.55. The Bertz CT molecular complexity index is 495. The normalized spacial score (nSPS) is 13.6. The third-order valence-electron chi connectivity index (χ3n) is 4.02. The second kappa shape index (κ2) is 10.9. The minimum atomic E-state index is -0.0221. The number of aromatic nitrogens is 1. The number of nitrogens with one attached hydrogen (secondary N) is 2. The molecule has 0 saturated carbocycles. The van der Waals surface area contributed by atoms with Crippen LogP contribution in [0.2, 0.25) is 0 Å². The van der Waals surface area contributed by atoms with Crippen LogP contribution in [0.25, 0.3) is 0 Å². The molecule has 1 rings (SSSR count). The van der Waals surface area contributed by atoms with E-state index in [9.17, 15) is 0 Å².